The number of hydrogen-bond donors (Lipinski definition) is 2. The molecule has 76 valence electrons. The Kier molecular flexibility index (Phi) is 3.14. The third kappa shape index (κ3) is 3.22. The van der Waals surface area contributed by atoms with E-state index in [1.165, 1.54) is 12.8 Å². The van der Waals surface area contributed by atoms with Gasteiger partial charge >= 0.3 is 0 Å². The third-order valence-corrected chi connectivity index (χ3v) is 2.72. The lowest BCUT2D eigenvalue weighted by Crippen LogP contribution is -2.41. The highest BCUT2D eigenvalue weighted by Crippen LogP contribution is 2.29. The molecule has 0 bridgehead atoms. The zero-order chi connectivity index (χ0) is 9.90. The monoisotopic (exact) mass is 185 g/mol. The van der Waals surface area contributed by atoms with Crippen LogP contribution in [0.25, 0.3) is 0 Å². The minimum atomic E-state index is 0.305. The summed E-state index contributed by atoms with van der Waals surface area (Å²) in [6.45, 7) is 7.25. The molecule has 0 aromatic rings. The molecule has 0 unspecified atom stereocenters. The van der Waals surface area contributed by atoms with Crippen molar-refractivity contribution in [3.8, 4) is 0 Å². The standard InChI is InChI=1S/C9H19N3O/c1-9(2)3-5-12(6-4-9)7-8(10)11-13/h13H,3-7H2,1-2H3,(H2,10,11). The number of nitrogens with zero attached hydrogens (tertiary/aromatic N) is 2. The number of hydrogen-bond acceptors (Lipinski definition) is 3. The molecular weight excluding hydrogens is 166 g/mol. The summed E-state index contributed by atoms with van der Waals surface area (Å²) in [5, 5.41) is 11.4. The molecule has 0 aromatic heterocycles. The zero-order valence-corrected chi connectivity index (χ0v) is 8.45. The van der Waals surface area contributed by atoms with Gasteiger partial charge in [0.2, 0.25) is 0 Å². The summed E-state index contributed by atoms with van der Waals surface area (Å²) in [5.74, 6) is 0.305. The maximum absolute atomic E-state index is 8.40. The predicted molar refractivity (Wildman–Crippen MR) is 52.9 cm³/mol. The second kappa shape index (κ2) is 3.96. The van der Waals surface area contributed by atoms with E-state index in [0.29, 0.717) is 17.8 Å². The summed E-state index contributed by atoms with van der Waals surface area (Å²) >= 11 is 0. The van der Waals surface area contributed by atoms with Gasteiger partial charge in [-0.3, -0.25) is 4.90 Å². The maximum Gasteiger partial charge on any atom is 0.153 e. The number of nitrogens with two attached hydrogens (primary N) is 1. The van der Waals surface area contributed by atoms with E-state index in [4.69, 9.17) is 10.9 Å². The fraction of sp³-hybridized carbons (Fsp3) is 0.889. The molecule has 0 saturated carbocycles. The molecule has 1 fully saturated rings. The second-order valence-corrected chi connectivity index (χ2v) is 4.53. The smallest absolute Gasteiger partial charge is 0.153 e. The van der Waals surface area contributed by atoms with Crippen molar-refractivity contribution in [1.29, 1.82) is 0 Å². The Bertz CT molecular complexity index is 191. The van der Waals surface area contributed by atoms with Crippen molar-refractivity contribution < 1.29 is 5.21 Å². The first-order valence-electron chi connectivity index (χ1n) is 4.72. The predicted octanol–water partition coefficient (Wildman–Crippen LogP) is 0.855. The molecule has 0 atom stereocenters. The van der Waals surface area contributed by atoms with Gasteiger partial charge in [0, 0.05) is 0 Å². The highest BCUT2D eigenvalue weighted by atomic mass is 16.4. The fourth-order valence-electron chi connectivity index (χ4n) is 1.58. The van der Waals surface area contributed by atoms with Crippen LogP contribution in [-0.4, -0.2) is 35.6 Å². The van der Waals surface area contributed by atoms with Crippen LogP contribution in [-0.2, 0) is 0 Å². The normalized spacial score (nSPS) is 24.6. The molecule has 1 rings (SSSR count). The Hall–Kier alpha value is -0.770. The van der Waals surface area contributed by atoms with Crippen molar-refractivity contribution >= 4 is 5.84 Å². The number of oxime groups is 1. The van der Waals surface area contributed by atoms with Crippen LogP contribution < -0.4 is 5.73 Å². The molecule has 1 aliphatic rings. The molecule has 4 heteroatoms. The number of amidine groups is 1. The highest BCUT2D eigenvalue weighted by molar-refractivity contribution is 5.81. The van der Waals surface area contributed by atoms with Gasteiger partial charge in [-0.05, 0) is 31.3 Å². The first-order chi connectivity index (χ1) is 6.03. The second-order valence-electron chi connectivity index (χ2n) is 4.53. The molecule has 1 aliphatic heterocycles. The minimum Gasteiger partial charge on any atom is -0.409 e. The number of likely N-dealkylation sites (tertiary alicyclic amines) is 1. The zero-order valence-electron chi connectivity index (χ0n) is 8.45. The average Bonchev–Trinajstić information content (AvgIpc) is 2.08. The van der Waals surface area contributed by atoms with E-state index < -0.39 is 0 Å². The fourth-order valence-corrected chi connectivity index (χ4v) is 1.58. The summed E-state index contributed by atoms with van der Waals surface area (Å²) in [5.41, 5.74) is 5.89. The largest absolute Gasteiger partial charge is 0.409 e. The van der Waals surface area contributed by atoms with Crippen LogP contribution in [0.15, 0.2) is 5.16 Å². The molecule has 0 radical (unpaired) electrons. The Morgan fingerprint density at radius 3 is 2.46 bits per heavy atom. The third-order valence-electron chi connectivity index (χ3n) is 2.72. The quantitative estimate of drug-likeness (QED) is 0.290. The van der Waals surface area contributed by atoms with Crippen LogP contribution in [0.4, 0.5) is 0 Å². The van der Waals surface area contributed by atoms with E-state index in [1.807, 2.05) is 0 Å². The molecular formula is C9H19N3O. The number of piperidine rings is 1. The summed E-state index contributed by atoms with van der Waals surface area (Å²) in [6, 6.07) is 0. The molecule has 1 saturated heterocycles. The van der Waals surface area contributed by atoms with Gasteiger partial charge in [0.15, 0.2) is 5.84 Å². The van der Waals surface area contributed by atoms with E-state index in [-0.39, 0.29) is 0 Å². The van der Waals surface area contributed by atoms with Crippen molar-refractivity contribution in [1.82, 2.24) is 4.90 Å². The lowest BCUT2D eigenvalue weighted by molar-refractivity contribution is 0.146. The average molecular weight is 185 g/mol. The molecule has 0 aliphatic carbocycles. The summed E-state index contributed by atoms with van der Waals surface area (Å²) in [6.07, 6.45) is 2.37. The van der Waals surface area contributed by atoms with Gasteiger partial charge in [-0.25, -0.2) is 0 Å². The highest BCUT2D eigenvalue weighted by Gasteiger charge is 2.25. The van der Waals surface area contributed by atoms with Crippen LogP contribution in [0.5, 0.6) is 0 Å². The van der Waals surface area contributed by atoms with Gasteiger partial charge in [0.1, 0.15) is 0 Å². The topological polar surface area (TPSA) is 61.8 Å². The maximum atomic E-state index is 8.40. The Morgan fingerprint density at radius 1 is 1.46 bits per heavy atom. The molecule has 1 heterocycles. The van der Waals surface area contributed by atoms with E-state index in [1.54, 1.807) is 0 Å². The van der Waals surface area contributed by atoms with Crippen molar-refractivity contribution in [3.05, 3.63) is 0 Å². The molecule has 0 spiro atoms. The van der Waals surface area contributed by atoms with Crippen molar-refractivity contribution in [2.45, 2.75) is 26.7 Å². The van der Waals surface area contributed by atoms with Crippen LogP contribution in [0, 0.1) is 5.41 Å². The molecule has 0 amide bonds. The molecule has 4 nitrogen and oxygen atoms in total. The Balaban J connectivity index is 2.33. The molecule has 3 N–H and O–H groups in total. The van der Waals surface area contributed by atoms with Crippen molar-refractivity contribution in [2.75, 3.05) is 19.6 Å². The molecule has 0 aromatic carbocycles. The van der Waals surface area contributed by atoms with Gasteiger partial charge in [-0.15, -0.1) is 0 Å². The van der Waals surface area contributed by atoms with Crippen molar-refractivity contribution in [2.24, 2.45) is 16.3 Å². The lowest BCUT2D eigenvalue weighted by Gasteiger charge is -2.36. The Labute approximate surface area is 79.4 Å². The summed E-state index contributed by atoms with van der Waals surface area (Å²) < 4.78 is 0. The van der Waals surface area contributed by atoms with Gasteiger partial charge in [-0.1, -0.05) is 19.0 Å². The minimum absolute atomic E-state index is 0.305. The number of rotatable bonds is 2. The van der Waals surface area contributed by atoms with Gasteiger partial charge in [0.25, 0.3) is 0 Å². The lowest BCUT2D eigenvalue weighted by atomic mass is 9.83. The Morgan fingerprint density at radius 2 is 2.00 bits per heavy atom. The first kappa shape index (κ1) is 10.3. The summed E-state index contributed by atoms with van der Waals surface area (Å²) in [4.78, 5) is 2.22. The first-order valence-corrected chi connectivity index (χ1v) is 4.72. The van der Waals surface area contributed by atoms with Gasteiger partial charge < -0.3 is 10.9 Å². The van der Waals surface area contributed by atoms with Crippen LogP contribution in [0.1, 0.15) is 26.7 Å². The van der Waals surface area contributed by atoms with Crippen LogP contribution in [0.3, 0.4) is 0 Å². The van der Waals surface area contributed by atoms with E-state index in [0.717, 1.165) is 13.1 Å². The molecule has 13 heavy (non-hydrogen) atoms. The van der Waals surface area contributed by atoms with E-state index >= 15 is 0 Å². The SMILES string of the molecule is CC1(C)CCN(CC(N)=NO)CC1. The van der Waals surface area contributed by atoms with Crippen LogP contribution in [0.2, 0.25) is 0 Å². The van der Waals surface area contributed by atoms with Crippen molar-refractivity contribution in [3.63, 3.8) is 0 Å². The van der Waals surface area contributed by atoms with E-state index in [9.17, 15) is 0 Å². The van der Waals surface area contributed by atoms with Gasteiger partial charge in [0.05, 0.1) is 6.54 Å². The van der Waals surface area contributed by atoms with E-state index in [2.05, 4.69) is 23.9 Å². The van der Waals surface area contributed by atoms with Gasteiger partial charge in [-0.2, -0.15) is 0 Å². The summed E-state index contributed by atoms with van der Waals surface area (Å²) in [7, 11) is 0. The van der Waals surface area contributed by atoms with Crippen LogP contribution >= 0.6 is 0 Å².